The van der Waals surface area contributed by atoms with E-state index in [0.29, 0.717) is 17.7 Å². The van der Waals surface area contributed by atoms with Gasteiger partial charge in [0.2, 0.25) is 0 Å². The summed E-state index contributed by atoms with van der Waals surface area (Å²) in [6.45, 7) is 2.92. The van der Waals surface area contributed by atoms with Crippen LogP contribution in [0.3, 0.4) is 0 Å². The highest BCUT2D eigenvalue weighted by Gasteiger charge is 2.22. The Labute approximate surface area is 109 Å². The van der Waals surface area contributed by atoms with Crippen LogP contribution >= 0.6 is 11.8 Å². The van der Waals surface area contributed by atoms with Crippen LogP contribution in [0.5, 0.6) is 0 Å². The van der Waals surface area contributed by atoms with Gasteiger partial charge in [-0.25, -0.2) is 10.8 Å². The number of nitrogens with one attached hydrogen (secondary N) is 1. The molecule has 0 aliphatic carbocycles. The molecule has 8 heteroatoms. The summed E-state index contributed by atoms with van der Waals surface area (Å²) in [6, 6.07) is 3.13. The third kappa shape index (κ3) is 2.65. The summed E-state index contributed by atoms with van der Waals surface area (Å²) >= 11 is 1.88. The van der Waals surface area contributed by atoms with Crippen molar-refractivity contribution in [2.75, 3.05) is 28.4 Å². The second kappa shape index (κ2) is 5.40. The average Bonchev–Trinajstić information content (AvgIpc) is 2.38. The van der Waals surface area contributed by atoms with Crippen LogP contribution in [-0.4, -0.2) is 34.0 Å². The van der Waals surface area contributed by atoms with Gasteiger partial charge in [0.05, 0.1) is 17.1 Å². The topological polar surface area (TPSA) is 97.3 Å². The summed E-state index contributed by atoms with van der Waals surface area (Å²) in [4.78, 5) is 16.8. The van der Waals surface area contributed by atoms with Crippen molar-refractivity contribution in [1.82, 2.24) is 4.98 Å². The highest BCUT2D eigenvalue weighted by Crippen LogP contribution is 2.27. The molecule has 3 N–H and O–H groups in total. The zero-order valence-corrected chi connectivity index (χ0v) is 10.8. The van der Waals surface area contributed by atoms with Gasteiger partial charge < -0.3 is 10.3 Å². The van der Waals surface area contributed by atoms with Crippen LogP contribution in [0.15, 0.2) is 12.1 Å². The van der Waals surface area contributed by atoms with Crippen LogP contribution in [0.25, 0.3) is 0 Å². The molecule has 0 spiro atoms. The molecule has 2 rings (SSSR count). The lowest BCUT2D eigenvalue weighted by Gasteiger charge is -2.34. The van der Waals surface area contributed by atoms with E-state index in [2.05, 4.69) is 22.2 Å². The van der Waals surface area contributed by atoms with Crippen LogP contribution in [0.4, 0.5) is 17.3 Å². The molecule has 0 radical (unpaired) electrons. The molecular weight excluding hydrogens is 254 g/mol. The van der Waals surface area contributed by atoms with Crippen molar-refractivity contribution >= 4 is 29.1 Å². The van der Waals surface area contributed by atoms with E-state index >= 15 is 0 Å². The van der Waals surface area contributed by atoms with E-state index in [1.165, 1.54) is 12.1 Å². The van der Waals surface area contributed by atoms with Gasteiger partial charge in [0.25, 0.3) is 5.69 Å². The van der Waals surface area contributed by atoms with Crippen LogP contribution in [0.2, 0.25) is 0 Å². The number of pyridine rings is 1. The van der Waals surface area contributed by atoms with Crippen molar-refractivity contribution < 1.29 is 4.92 Å². The fraction of sp³-hybridized carbons (Fsp3) is 0.500. The predicted molar refractivity (Wildman–Crippen MR) is 72.8 cm³/mol. The van der Waals surface area contributed by atoms with E-state index in [9.17, 15) is 10.1 Å². The molecule has 0 amide bonds. The lowest BCUT2D eigenvalue weighted by molar-refractivity contribution is -0.384. The van der Waals surface area contributed by atoms with E-state index < -0.39 is 4.92 Å². The lowest BCUT2D eigenvalue weighted by atomic mass is 10.2. The fourth-order valence-electron chi connectivity index (χ4n) is 1.90. The molecule has 1 aliphatic heterocycles. The Balaban J connectivity index is 2.36. The largest absolute Gasteiger partial charge is 0.352 e. The number of nitrogens with two attached hydrogens (primary N) is 1. The summed E-state index contributed by atoms with van der Waals surface area (Å²) in [5.74, 6) is 8.20. The lowest BCUT2D eigenvalue weighted by Crippen LogP contribution is -2.41. The molecule has 1 aliphatic rings. The molecule has 1 aromatic rings. The molecule has 2 heterocycles. The molecule has 1 fully saturated rings. The van der Waals surface area contributed by atoms with Gasteiger partial charge in [-0.15, -0.1) is 0 Å². The monoisotopic (exact) mass is 269 g/mol. The average molecular weight is 269 g/mol. The number of hydrogen-bond donors (Lipinski definition) is 2. The van der Waals surface area contributed by atoms with E-state index in [4.69, 9.17) is 5.84 Å². The summed E-state index contributed by atoms with van der Waals surface area (Å²) in [7, 11) is 0. The van der Waals surface area contributed by atoms with E-state index in [0.717, 1.165) is 18.1 Å². The van der Waals surface area contributed by atoms with E-state index in [1.807, 2.05) is 11.8 Å². The Bertz CT molecular complexity index is 456. The summed E-state index contributed by atoms with van der Waals surface area (Å²) < 4.78 is 0. The molecule has 18 heavy (non-hydrogen) atoms. The highest BCUT2D eigenvalue weighted by atomic mass is 32.2. The normalized spacial score (nSPS) is 19.7. The van der Waals surface area contributed by atoms with Crippen molar-refractivity contribution in [3.8, 4) is 0 Å². The number of nitro groups is 1. The van der Waals surface area contributed by atoms with Crippen molar-refractivity contribution in [3.05, 3.63) is 22.2 Å². The van der Waals surface area contributed by atoms with Gasteiger partial charge in [0.15, 0.2) is 0 Å². The number of hydrazine groups is 1. The van der Waals surface area contributed by atoms with E-state index in [1.54, 1.807) is 0 Å². The highest BCUT2D eigenvalue weighted by molar-refractivity contribution is 7.99. The number of hydrogen-bond acceptors (Lipinski definition) is 7. The molecular formula is C10H15N5O2S. The Morgan fingerprint density at radius 3 is 3.06 bits per heavy atom. The van der Waals surface area contributed by atoms with Gasteiger partial charge in [0.1, 0.15) is 11.6 Å². The quantitative estimate of drug-likeness (QED) is 0.483. The first kappa shape index (κ1) is 12.9. The minimum absolute atomic E-state index is 0.00150. The smallest absolute Gasteiger partial charge is 0.276 e. The molecule has 0 bridgehead atoms. The number of aromatic nitrogens is 1. The fourth-order valence-corrected chi connectivity index (χ4v) is 2.91. The molecule has 98 valence electrons. The number of thioether (sulfide) groups is 1. The van der Waals surface area contributed by atoms with Crippen molar-refractivity contribution in [2.24, 2.45) is 5.84 Å². The minimum atomic E-state index is -0.435. The SMILES string of the molecule is CC1CSCCN1c1cc([N+](=O)[O-])cc(NN)n1. The Morgan fingerprint density at radius 1 is 1.67 bits per heavy atom. The first-order chi connectivity index (χ1) is 8.61. The second-order valence-electron chi connectivity index (χ2n) is 4.09. The maximum Gasteiger partial charge on any atom is 0.276 e. The first-order valence-electron chi connectivity index (χ1n) is 5.59. The van der Waals surface area contributed by atoms with Gasteiger partial charge in [-0.2, -0.15) is 11.8 Å². The van der Waals surface area contributed by atoms with Crippen molar-refractivity contribution in [3.63, 3.8) is 0 Å². The van der Waals surface area contributed by atoms with Crippen LogP contribution in [0.1, 0.15) is 6.92 Å². The first-order valence-corrected chi connectivity index (χ1v) is 6.75. The Kier molecular flexibility index (Phi) is 3.87. The Hall–Kier alpha value is -1.54. The molecule has 1 saturated heterocycles. The standard InChI is InChI=1S/C10H15N5O2S/c1-7-6-18-3-2-14(7)10-5-8(15(16)17)4-9(12-10)13-11/h4-5,7H,2-3,6,11H2,1H3,(H,12,13). The van der Waals surface area contributed by atoms with Gasteiger partial charge in [0, 0.05) is 24.1 Å². The van der Waals surface area contributed by atoms with Gasteiger partial charge in [-0.1, -0.05) is 0 Å². The number of anilines is 2. The van der Waals surface area contributed by atoms with Crippen LogP contribution in [0, 0.1) is 10.1 Å². The predicted octanol–water partition coefficient (Wildman–Crippen LogP) is 1.22. The maximum atomic E-state index is 10.9. The second-order valence-corrected chi connectivity index (χ2v) is 5.24. The summed E-state index contributed by atoms with van der Waals surface area (Å²) in [6.07, 6.45) is 0. The van der Waals surface area contributed by atoms with Crippen LogP contribution < -0.4 is 16.2 Å². The summed E-state index contributed by atoms with van der Waals surface area (Å²) in [5.41, 5.74) is 2.37. The number of nitrogens with zero attached hydrogens (tertiary/aromatic N) is 3. The third-order valence-corrected chi connectivity index (χ3v) is 4.01. The van der Waals surface area contributed by atoms with Crippen LogP contribution in [-0.2, 0) is 0 Å². The zero-order chi connectivity index (χ0) is 13.1. The van der Waals surface area contributed by atoms with Crippen molar-refractivity contribution in [2.45, 2.75) is 13.0 Å². The minimum Gasteiger partial charge on any atom is -0.352 e. The number of nitrogen functional groups attached to an aromatic ring is 1. The maximum absolute atomic E-state index is 10.9. The van der Waals surface area contributed by atoms with E-state index in [-0.39, 0.29) is 5.69 Å². The van der Waals surface area contributed by atoms with Gasteiger partial charge in [-0.05, 0) is 6.92 Å². The van der Waals surface area contributed by atoms with Crippen molar-refractivity contribution in [1.29, 1.82) is 0 Å². The molecule has 0 aromatic carbocycles. The molecule has 0 saturated carbocycles. The number of rotatable bonds is 3. The molecule has 7 nitrogen and oxygen atoms in total. The van der Waals surface area contributed by atoms with Gasteiger partial charge in [-0.3, -0.25) is 10.1 Å². The summed E-state index contributed by atoms with van der Waals surface area (Å²) in [5, 5.41) is 10.9. The third-order valence-electron chi connectivity index (χ3n) is 2.82. The Morgan fingerprint density at radius 2 is 2.44 bits per heavy atom. The molecule has 1 atom stereocenters. The molecule has 1 unspecified atom stereocenters. The van der Waals surface area contributed by atoms with Gasteiger partial charge >= 0.3 is 0 Å². The molecule has 1 aromatic heterocycles. The zero-order valence-electron chi connectivity index (χ0n) is 10.00.